The van der Waals surface area contributed by atoms with Crippen molar-refractivity contribution >= 4 is 21.9 Å². The smallest absolute Gasteiger partial charge is 0.248 e. The van der Waals surface area contributed by atoms with Gasteiger partial charge in [0.05, 0.1) is 0 Å². The van der Waals surface area contributed by atoms with Gasteiger partial charge in [-0.15, -0.1) is 0 Å². The number of nitrogens with one attached hydrogen (secondary N) is 2. The highest BCUT2D eigenvalue weighted by molar-refractivity contribution is 5.86. The van der Waals surface area contributed by atoms with E-state index in [0.717, 1.165) is 33.1 Å². The zero-order valence-electron chi connectivity index (χ0n) is 10.6. The second-order valence-electron chi connectivity index (χ2n) is 4.76. The van der Waals surface area contributed by atoms with Gasteiger partial charge in [0.25, 0.3) is 0 Å². The second kappa shape index (κ2) is 4.06. The summed E-state index contributed by atoms with van der Waals surface area (Å²) in [7, 11) is 0. The molecule has 0 saturated carbocycles. The number of benzene rings is 1. The van der Waals surface area contributed by atoms with Gasteiger partial charge in [0.15, 0.2) is 0 Å². The van der Waals surface area contributed by atoms with Crippen LogP contribution in [0.2, 0.25) is 0 Å². The molecule has 0 bridgehead atoms. The van der Waals surface area contributed by atoms with Crippen LogP contribution in [0.1, 0.15) is 0 Å². The molecule has 0 radical (unpaired) electrons. The SMILES string of the molecule is O=c1ccc2ccc(-c3cnc4[nH]ccc4c3)cc2[nH]1. The number of aromatic amines is 2. The minimum atomic E-state index is -0.0890. The van der Waals surface area contributed by atoms with Gasteiger partial charge in [0.2, 0.25) is 5.56 Å². The number of hydrogen-bond donors (Lipinski definition) is 2. The summed E-state index contributed by atoms with van der Waals surface area (Å²) in [4.78, 5) is 21.7. The third-order valence-corrected chi connectivity index (χ3v) is 3.46. The standard InChI is InChI=1S/C16H11N3O/c20-15-4-3-10-1-2-11(8-14(10)19-15)13-7-12-5-6-17-16(12)18-9-13/h1-9H,(H,17,18)(H,19,20). The molecule has 0 aliphatic carbocycles. The molecule has 0 aliphatic heterocycles. The van der Waals surface area contributed by atoms with Crippen molar-refractivity contribution in [2.45, 2.75) is 0 Å². The molecule has 0 saturated heterocycles. The molecular formula is C16H11N3O. The Morgan fingerprint density at radius 1 is 0.900 bits per heavy atom. The van der Waals surface area contributed by atoms with Crippen LogP contribution < -0.4 is 5.56 Å². The van der Waals surface area contributed by atoms with Gasteiger partial charge >= 0.3 is 0 Å². The maximum atomic E-state index is 11.4. The van der Waals surface area contributed by atoms with Crippen molar-refractivity contribution in [2.24, 2.45) is 0 Å². The van der Waals surface area contributed by atoms with Gasteiger partial charge in [0.1, 0.15) is 5.65 Å². The zero-order valence-corrected chi connectivity index (χ0v) is 10.6. The van der Waals surface area contributed by atoms with E-state index in [-0.39, 0.29) is 5.56 Å². The van der Waals surface area contributed by atoms with Gasteiger partial charge in [-0.25, -0.2) is 4.98 Å². The fourth-order valence-electron chi connectivity index (χ4n) is 2.43. The minimum absolute atomic E-state index is 0.0890. The molecule has 4 aromatic rings. The van der Waals surface area contributed by atoms with E-state index in [1.807, 2.05) is 42.7 Å². The van der Waals surface area contributed by atoms with Crippen molar-refractivity contribution in [3.63, 3.8) is 0 Å². The summed E-state index contributed by atoms with van der Waals surface area (Å²) < 4.78 is 0. The van der Waals surface area contributed by atoms with Crippen molar-refractivity contribution in [1.82, 2.24) is 15.0 Å². The fourth-order valence-corrected chi connectivity index (χ4v) is 2.43. The fraction of sp³-hybridized carbons (Fsp3) is 0. The number of rotatable bonds is 1. The molecule has 4 rings (SSSR count). The highest BCUT2D eigenvalue weighted by Crippen LogP contribution is 2.24. The second-order valence-corrected chi connectivity index (χ2v) is 4.76. The normalized spacial score (nSPS) is 11.2. The van der Waals surface area contributed by atoms with E-state index < -0.39 is 0 Å². The van der Waals surface area contributed by atoms with E-state index in [4.69, 9.17) is 0 Å². The monoisotopic (exact) mass is 261 g/mol. The Kier molecular flexibility index (Phi) is 2.23. The van der Waals surface area contributed by atoms with Crippen LogP contribution in [0.5, 0.6) is 0 Å². The van der Waals surface area contributed by atoms with E-state index in [1.54, 1.807) is 0 Å². The van der Waals surface area contributed by atoms with Gasteiger partial charge in [-0.2, -0.15) is 0 Å². The van der Waals surface area contributed by atoms with Gasteiger partial charge in [-0.3, -0.25) is 4.79 Å². The number of pyridine rings is 2. The molecule has 2 N–H and O–H groups in total. The molecule has 0 amide bonds. The lowest BCUT2D eigenvalue weighted by Gasteiger charge is -2.04. The van der Waals surface area contributed by atoms with Crippen LogP contribution in [-0.2, 0) is 0 Å². The van der Waals surface area contributed by atoms with Crippen molar-refractivity contribution < 1.29 is 0 Å². The van der Waals surface area contributed by atoms with Crippen LogP contribution >= 0.6 is 0 Å². The van der Waals surface area contributed by atoms with Gasteiger partial charge in [0, 0.05) is 34.9 Å². The van der Waals surface area contributed by atoms with Crippen LogP contribution in [0.25, 0.3) is 33.1 Å². The average molecular weight is 261 g/mol. The number of aromatic nitrogens is 3. The van der Waals surface area contributed by atoms with Crippen molar-refractivity contribution in [2.75, 3.05) is 0 Å². The van der Waals surface area contributed by atoms with Crippen LogP contribution in [0, 0.1) is 0 Å². The molecular weight excluding hydrogens is 250 g/mol. The largest absolute Gasteiger partial charge is 0.346 e. The quantitative estimate of drug-likeness (QED) is 0.553. The molecule has 4 nitrogen and oxygen atoms in total. The Bertz CT molecular complexity index is 982. The molecule has 1 aromatic carbocycles. The van der Waals surface area contributed by atoms with Crippen LogP contribution in [0.4, 0.5) is 0 Å². The summed E-state index contributed by atoms with van der Waals surface area (Å²) in [5.41, 5.74) is 3.69. The highest BCUT2D eigenvalue weighted by atomic mass is 16.1. The molecule has 3 aromatic heterocycles. The summed E-state index contributed by atoms with van der Waals surface area (Å²) >= 11 is 0. The Labute approximate surface area is 114 Å². The predicted octanol–water partition coefficient (Wildman–Crippen LogP) is 3.07. The van der Waals surface area contributed by atoms with E-state index in [2.05, 4.69) is 21.0 Å². The molecule has 96 valence electrons. The van der Waals surface area contributed by atoms with E-state index >= 15 is 0 Å². The molecule has 0 spiro atoms. The van der Waals surface area contributed by atoms with E-state index in [1.165, 1.54) is 6.07 Å². The first-order chi connectivity index (χ1) is 9.79. The number of hydrogen-bond acceptors (Lipinski definition) is 2. The lowest BCUT2D eigenvalue weighted by molar-refractivity contribution is 1.30. The Morgan fingerprint density at radius 3 is 2.75 bits per heavy atom. The Hall–Kier alpha value is -2.88. The van der Waals surface area contributed by atoms with E-state index in [0.29, 0.717) is 0 Å². The molecule has 0 aliphatic rings. The average Bonchev–Trinajstić information content (AvgIpc) is 2.93. The zero-order chi connectivity index (χ0) is 13.5. The first-order valence-corrected chi connectivity index (χ1v) is 6.36. The van der Waals surface area contributed by atoms with E-state index in [9.17, 15) is 4.79 Å². The molecule has 0 unspecified atom stereocenters. The van der Waals surface area contributed by atoms with Crippen molar-refractivity contribution in [1.29, 1.82) is 0 Å². The summed E-state index contributed by atoms with van der Waals surface area (Å²) in [6.45, 7) is 0. The predicted molar refractivity (Wildman–Crippen MR) is 79.7 cm³/mol. The Balaban J connectivity index is 1.94. The molecule has 20 heavy (non-hydrogen) atoms. The van der Waals surface area contributed by atoms with Crippen molar-refractivity contribution in [3.05, 3.63) is 65.2 Å². The molecule has 4 heteroatoms. The summed E-state index contributed by atoms with van der Waals surface area (Å²) in [6, 6.07) is 13.5. The number of nitrogens with zero attached hydrogens (tertiary/aromatic N) is 1. The molecule has 0 fully saturated rings. The van der Waals surface area contributed by atoms with Crippen molar-refractivity contribution in [3.8, 4) is 11.1 Å². The maximum Gasteiger partial charge on any atom is 0.248 e. The first kappa shape index (κ1) is 11.0. The third kappa shape index (κ3) is 1.70. The minimum Gasteiger partial charge on any atom is -0.346 e. The van der Waals surface area contributed by atoms with Gasteiger partial charge < -0.3 is 9.97 Å². The first-order valence-electron chi connectivity index (χ1n) is 6.36. The Morgan fingerprint density at radius 2 is 1.80 bits per heavy atom. The third-order valence-electron chi connectivity index (χ3n) is 3.46. The molecule has 0 atom stereocenters. The lowest BCUT2D eigenvalue weighted by atomic mass is 10.0. The van der Waals surface area contributed by atoms with Gasteiger partial charge in [-0.05, 0) is 35.2 Å². The number of fused-ring (bicyclic) bond motifs is 2. The summed E-state index contributed by atoms with van der Waals surface area (Å²) in [5, 5.41) is 2.09. The lowest BCUT2D eigenvalue weighted by Crippen LogP contribution is -2.02. The maximum absolute atomic E-state index is 11.4. The summed E-state index contributed by atoms with van der Waals surface area (Å²) in [5.74, 6) is 0. The number of H-pyrrole nitrogens is 2. The summed E-state index contributed by atoms with van der Waals surface area (Å²) in [6.07, 6.45) is 3.71. The van der Waals surface area contributed by atoms with Crippen LogP contribution in [0.3, 0.4) is 0 Å². The van der Waals surface area contributed by atoms with Crippen LogP contribution in [-0.4, -0.2) is 15.0 Å². The van der Waals surface area contributed by atoms with Crippen LogP contribution in [0.15, 0.2) is 59.7 Å². The molecule has 3 heterocycles. The highest BCUT2D eigenvalue weighted by Gasteiger charge is 2.03. The van der Waals surface area contributed by atoms with Gasteiger partial charge in [-0.1, -0.05) is 12.1 Å². The topological polar surface area (TPSA) is 61.5 Å².